The molecule has 0 spiro atoms. The summed E-state index contributed by atoms with van der Waals surface area (Å²) in [6, 6.07) is 7.03. The van der Waals surface area contributed by atoms with E-state index >= 15 is 0 Å². The molecule has 1 nitrogen and oxygen atoms in total. The molecule has 0 aromatic heterocycles. The number of nitrogens with two attached hydrogens (primary N) is 1. The molecule has 2 rings (SSSR count). The molecule has 106 valence electrons. The molecule has 0 aliphatic heterocycles. The Kier molecular flexibility index (Phi) is 4.06. The molecule has 0 aliphatic carbocycles. The second-order valence-electron chi connectivity index (χ2n) is 4.99. The van der Waals surface area contributed by atoms with Crippen LogP contribution in [0.2, 0.25) is 5.02 Å². The maximum atomic E-state index is 13.3. The van der Waals surface area contributed by atoms with Crippen molar-refractivity contribution in [1.82, 2.24) is 0 Å². The van der Waals surface area contributed by atoms with Crippen LogP contribution in [0.5, 0.6) is 0 Å². The van der Waals surface area contributed by atoms with Crippen LogP contribution in [0.4, 0.5) is 13.2 Å². The largest absolute Gasteiger partial charge is 0.321 e. The van der Waals surface area contributed by atoms with Crippen molar-refractivity contribution in [3.63, 3.8) is 0 Å². The standard InChI is InChI=1S/C15H13ClF3N/c1-15(20,10-5-12(18)7-13(19)6-10)8-9-4-11(17)2-3-14(9)16/h2-7H,8,20H2,1H3. The quantitative estimate of drug-likeness (QED) is 0.904. The Balaban J connectivity index is 2.37. The Morgan fingerprint density at radius 1 is 1.00 bits per heavy atom. The molecule has 0 fully saturated rings. The van der Waals surface area contributed by atoms with Crippen molar-refractivity contribution in [2.75, 3.05) is 0 Å². The highest BCUT2D eigenvalue weighted by Gasteiger charge is 2.24. The number of hydrogen-bond acceptors (Lipinski definition) is 1. The van der Waals surface area contributed by atoms with Crippen LogP contribution in [0.15, 0.2) is 36.4 Å². The fourth-order valence-corrected chi connectivity index (χ4v) is 2.24. The summed E-state index contributed by atoms with van der Waals surface area (Å²) in [6.07, 6.45) is 0.159. The lowest BCUT2D eigenvalue weighted by atomic mass is 9.86. The van der Waals surface area contributed by atoms with Gasteiger partial charge in [-0.1, -0.05) is 11.6 Å². The first-order valence-electron chi connectivity index (χ1n) is 5.97. The minimum absolute atomic E-state index is 0.159. The molecule has 0 saturated heterocycles. The molecule has 1 unspecified atom stereocenters. The van der Waals surface area contributed by atoms with Gasteiger partial charge in [0.15, 0.2) is 0 Å². The highest BCUT2D eigenvalue weighted by Crippen LogP contribution is 2.28. The molecule has 0 heterocycles. The molecule has 0 radical (unpaired) electrons. The van der Waals surface area contributed by atoms with E-state index in [9.17, 15) is 13.2 Å². The first kappa shape index (κ1) is 14.9. The van der Waals surface area contributed by atoms with Gasteiger partial charge in [0.25, 0.3) is 0 Å². The Morgan fingerprint density at radius 2 is 1.60 bits per heavy atom. The molecule has 2 aromatic rings. The highest BCUT2D eigenvalue weighted by atomic mass is 35.5. The summed E-state index contributed by atoms with van der Waals surface area (Å²) in [4.78, 5) is 0. The third-order valence-electron chi connectivity index (χ3n) is 3.09. The highest BCUT2D eigenvalue weighted by molar-refractivity contribution is 6.31. The fraction of sp³-hybridized carbons (Fsp3) is 0.200. The SMILES string of the molecule is CC(N)(Cc1cc(F)ccc1Cl)c1cc(F)cc(F)c1. The monoisotopic (exact) mass is 299 g/mol. The molecule has 2 aromatic carbocycles. The van der Waals surface area contributed by atoms with Gasteiger partial charge in [0.05, 0.1) is 0 Å². The summed E-state index contributed by atoms with van der Waals surface area (Å²) in [7, 11) is 0. The normalized spacial score (nSPS) is 14.1. The summed E-state index contributed by atoms with van der Waals surface area (Å²) in [6.45, 7) is 1.61. The van der Waals surface area contributed by atoms with Gasteiger partial charge >= 0.3 is 0 Å². The Hall–Kier alpha value is -1.52. The van der Waals surface area contributed by atoms with Gasteiger partial charge < -0.3 is 5.73 Å². The lowest BCUT2D eigenvalue weighted by Crippen LogP contribution is -2.35. The molecule has 0 amide bonds. The average molecular weight is 300 g/mol. The zero-order chi connectivity index (χ0) is 14.9. The van der Waals surface area contributed by atoms with Gasteiger partial charge in [-0.2, -0.15) is 0 Å². The third kappa shape index (κ3) is 3.32. The van der Waals surface area contributed by atoms with Crippen LogP contribution in [-0.4, -0.2) is 0 Å². The lowest BCUT2D eigenvalue weighted by Gasteiger charge is -2.26. The van der Waals surface area contributed by atoms with Crippen LogP contribution < -0.4 is 5.73 Å². The maximum absolute atomic E-state index is 13.3. The Labute approximate surface area is 120 Å². The molecular formula is C15H13ClF3N. The molecule has 0 saturated carbocycles. The maximum Gasteiger partial charge on any atom is 0.126 e. The summed E-state index contributed by atoms with van der Waals surface area (Å²) in [5, 5.41) is 0.361. The average Bonchev–Trinajstić information content (AvgIpc) is 2.32. The van der Waals surface area contributed by atoms with Gasteiger partial charge in [-0.05, 0) is 54.8 Å². The van der Waals surface area contributed by atoms with Gasteiger partial charge in [-0.3, -0.25) is 0 Å². The minimum atomic E-state index is -1.07. The fourth-order valence-electron chi connectivity index (χ4n) is 2.06. The third-order valence-corrected chi connectivity index (χ3v) is 3.46. The van der Waals surface area contributed by atoms with Crippen molar-refractivity contribution in [2.45, 2.75) is 18.9 Å². The van der Waals surface area contributed by atoms with E-state index in [1.165, 1.54) is 18.2 Å². The van der Waals surface area contributed by atoms with Crippen LogP contribution in [0, 0.1) is 17.5 Å². The van der Waals surface area contributed by atoms with Crippen molar-refractivity contribution < 1.29 is 13.2 Å². The molecule has 2 N–H and O–H groups in total. The van der Waals surface area contributed by atoms with Crippen LogP contribution >= 0.6 is 11.6 Å². The number of rotatable bonds is 3. The lowest BCUT2D eigenvalue weighted by molar-refractivity contribution is 0.477. The van der Waals surface area contributed by atoms with Crippen LogP contribution in [0.1, 0.15) is 18.1 Å². The van der Waals surface area contributed by atoms with Gasteiger partial charge in [0, 0.05) is 16.6 Å². The van der Waals surface area contributed by atoms with Gasteiger partial charge in [0.2, 0.25) is 0 Å². The first-order valence-corrected chi connectivity index (χ1v) is 6.35. The number of benzene rings is 2. The molecular weight excluding hydrogens is 287 g/mol. The van der Waals surface area contributed by atoms with E-state index < -0.39 is 23.0 Å². The van der Waals surface area contributed by atoms with Gasteiger partial charge in [0.1, 0.15) is 17.5 Å². The molecule has 20 heavy (non-hydrogen) atoms. The van der Waals surface area contributed by atoms with E-state index in [2.05, 4.69) is 0 Å². The van der Waals surface area contributed by atoms with Gasteiger partial charge in [-0.25, -0.2) is 13.2 Å². The number of hydrogen-bond donors (Lipinski definition) is 1. The zero-order valence-electron chi connectivity index (χ0n) is 10.8. The Bertz CT molecular complexity index is 621. The van der Waals surface area contributed by atoms with Crippen molar-refractivity contribution >= 4 is 11.6 Å². The van der Waals surface area contributed by atoms with Crippen LogP contribution in [0.3, 0.4) is 0 Å². The summed E-state index contributed by atoms with van der Waals surface area (Å²) in [5.41, 5.74) is 5.82. The van der Waals surface area contributed by atoms with E-state index in [0.717, 1.165) is 18.2 Å². The Morgan fingerprint density at radius 3 is 2.20 bits per heavy atom. The van der Waals surface area contributed by atoms with Crippen molar-refractivity contribution in [2.24, 2.45) is 5.73 Å². The predicted octanol–water partition coefficient (Wildman–Crippen LogP) is 4.17. The molecule has 5 heteroatoms. The van der Waals surface area contributed by atoms with Crippen LogP contribution in [0.25, 0.3) is 0 Å². The van der Waals surface area contributed by atoms with Crippen molar-refractivity contribution in [3.05, 3.63) is 70.0 Å². The van der Waals surface area contributed by atoms with E-state index in [4.69, 9.17) is 17.3 Å². The molecule has 1 atom stereocenters. The summed E-state index contributed by atoms with van der Waals surface area (Å²) in [5.74, 6) is -1.85. The second kappa shape index (κ2) is 5.46. The van der Waals surface area contributed by atoms with E-state index in [1.54, 1.807) is 6.92 Å². The first-order chi connectivity index (χ1) is 9.28. The van der Waals surface area contributed by atoms with Crippen molar-refractivity contribution in [3.8, 4) is 0 Å². The predicted molar refractivity (Wildman–Crippen MR) is 73.0 cm³/mol. The summed E-state index contributed by atoms with van der Waals surface area (Å²) >= 11 is 5.98. The molecule has 0 bridgehead atoms. The summed E-state index contributed by atoms with van der Waals surface area (Å²) < 4.78 is 39.8. The van der Waals surface area contributed by atoms with Crippen molar-refractivity contribution in [1.29, 1.82) is 0 Å². The van der Waals surface area contributed by atoms with E-state index in [1.807, 2.05) is 0 Å². The zero-order valence-corrected chi connectivity index (χ0v) is 11.5. The van der Waals surface area contributed by atoms with E-state index in [-0.39, 0.29) is 12.0 Å². The van der Waals surface area contributed by atoms with Gasteiger partial charge in [-0.15, -0.1) is 0 Å². The second-order valence-corrected chi connectivity index (χ2v) is 5.40. The smallest absolute Gasteiger partial charge is 0.126 e. The topological polar surface area (TPSA) is 26.0 Å². The van der Waals surface area contributed by atoms with E-state index in [0.29, 0.717) is 10.6 Å². The number of halogens is 4. The molecule has 0 aliphatic rings. The van der Waals surface area contributed by atoms with Crippen LogP contribution in [-0.2, 0) is 12.0 Å². The minimum Gasteiger partial charge on any atom is -0.321 e.